The van der Waals surface area contributed by atoms with Gasteiger partial charge in [0.05, 0.1) is 11.4 Å². The van der Waals surface area contributed by atoms with E-state index < -0.39 is 0 Å². The van der Waals surface area contributed by atoms with Crippen molar-refractivity contribution in [2.45, 2.75) is 0 Å². The maximum Gasteiger partial charge on any atom is 0.0964 e. The number of fused-ring (bicyclic) bond motifs is 5. The monoisotopic (exact) mass is 634 g/mol. The van der Waals surface area contributed by atoms with E-state index in [9.17, 15) is 0 Å². The van der Waals surface area contributed by atoms with Crippen LogP contribution in [-0.2, 0) is 0 Å². The van der Waals surface area contributed by atoms with Crippen LogP contribution in [0.25, 0.3) is 98.6 Å². The summed E-state index contributed by atoms with van der Waals surface area (Å²) in [6.45, 7) is 0. The molecule has 8 aromatic carbocycles. The molecule has 50 heavy (non-hydrogen) atoms. The van der Waals surface area contributed by atoms with Gasteiger partial charge in [0.15, 0.2) is 0 Å². The molecule has 0 saturated heterocycles. The van der Waals surface area contributed by atoms with Crippen molar-refractivity contribution in [1.82, 2.24) is 9.97 Å². The summed E-state index contributed by atoms with van der Waals surface area (Å²) in [7, 11) is 0. The lowest BCUT2D eigenvalue weighted by Gasteiger charge is -2.19. The lowest BCUT2D eigenvalue weighted by atomic mass is 9.84. The fourth-order valence-corrected chi connectivity index (χ4v) is 7.70. The fraction of sp³-hybridized carbons (Fsp3) is 0. The summed E-state index contributed by atoms with van der Waals surface area (Å²) in [5, 5.41) is 12.2. The van der Waals surface area contributed by atoms with E-state index in [2.05, 4.69) is 164 Å². The van der Waals surface area contributed by atoms with Gasteiger partial charge >= 0.3 is 0 Å². The van der Waals surface area contributed by atoms with Gasteiger partial charge in [-0.15, -0.1) is 0 Å². The first kappa shape index (κ1) is 28.4. The Bertz CT molecular complexity index is 2920. The van der Waals surface area contributed by atoms with E-state index in [0.717, 1.165) is 33.3 Å². The van der Waals surface area contributed by atoms with Crippen molar-refractivity contribution in [3.05, 3.63) is 182 Å². The van der Waals surface area contributed by atoms with E-state index in [1.54, 1.807) is 0 Å². The van der Waals surface area contributed by atoms with Crippen LogP contribution in [0.5, 0.6) is 0 Å². The third-order valence-electron chi connectivity index (χ3n) is 10.1. The smallest absolute Gasteiger partial charge is 0.0964 e. The van der Waals surface area contributed by atoms with Gasteiger partial charge in [-0.1, -0.05) is 140 Å². The zero-order chi connectivity index (χ0) is 33.0. The minimum absolute atomic E-state index is 0.868. The molecule has 0 saturated carbocycles. The minimum atomic E-state index is 0.868. The fourth-order valence-electron chi connectivity index (χ4n) is 7.70. The van der Waals surface area contributed by atoms with Crippen LogP contribution in [0.2, 0.25) is 0 Å². The van der Waals surface area contributed by atoms with Crippen molar-refractivity contribution in [2.75, 3.05) is 0 Å². The summed E-state index contributed by atoms with van der Waals surface area (Å²) in [5.74, 6) is 0. The number of aromatic nitrogens is 2. The first-order valence-corrected chi connectivity index (χ1v) is 17.1. The number of hydrogen-bond donors (Lipinski definition) is 0. The molecular weight excluding hydrogens is 605 g/mol. The van der Waals surface area contributed by atoms with Gasteiger partial charge in [-0.2, -0.15) is 0 Å². The molecule has 0 amide bonds. The molecule has 10 rings (SSSR count). The number of pyridine rings is 2. The van der Waals surface area contributed by atoms with Gasteiger partial charge in [0.2, 0.25) is 0 Å². The number of rotatable bonds is 4. The van der Waals surface area contributed by atoms with Crippen molar-refractivity contribution < 1.29 is 0 Å². The van der Waals surface area contributed by atoms with Crippen molar-refractivity contribution >= 4 is 53.9 Å². The largest absolute Gasteiger partial charge is 0.254 e. The van der Waals surface area contributed by atoms with Crippen molar-refractivity contribution in [2.24, 2.45) is 0 Å². The molecular formula is C48H30N2. The third-order valence-corrected chi connectivity index (χ3v) is 10.1. The van der Waals surface area contributed by atoms with Gasteiger partial charge in [-0.3, -0.25) is 9.97 Å². The topological polar surface area (TPSA) is 25.8 Å². The summed E-state index contributed by atoms with van der Waals surface area (Å²) in [6.07, 6.45) is 3.85. The van der Waals surface area contributed by atoms with Crippen LogP contribution in [0.4, 0.5) is 0 Å². The highest BCUT2D eigenvalue weighted by molar-refractivity contribution is 6.22. The highest BCUT2D eigenvalue weighted by Gasteiger charge is 2.18. The maximum absolute atomic E-state index is 4.95. The summed E-state index contributed by atoms with van der Waals surface area (Å²) in [6, 6.07) is 61.4. The molecule has 0 unspecified atom stereocenters. The van der Waals surface area contributed by atoms with Crippen LogP contribution in [-0.4, -0.2) is 9.97 Å². The highest BCUT2D eigenvalue weighted by Crippen LogP contribution is 2.45. The van der Waals surface area contributed by atoms with Gasteiger partial charge in [0.25, 0.3) is 0 Å². The average Bonchev–Trinajstić information content (AvgIpc) is 3.19. The number of nitrogens with zero attached hydrogens (tertiary/aromatic N) is 2. The second-order valence-electron chi connectivity index (χ2n) is 13.0. The number of hydrogen-bond acceptors (Lipinski definition) is 2. The normalized spacial score (nSPS) is 11.6. The predicted octanol–water partition coefficient (Wildman–Crippen LogP) is 12.9. The Morgan fingerprint density at radius 3 is 1.46 bits per heavy atom. The van der Waals surface area contributed by atoms with Crippen LogP contribution in [0.1, 0.15) is 0 Å². The molecule has 0 N–H and O–H groups in total. The lowest BCUT2D eigenvalue weighted by molar-refractivity contribution is 1.27. The molecule has 0 atom stereocenters. The van der Waals surface area contributed by atoms with E-state index in [1.165, 1.54) is 65.3 Å². The van der Waals surface area contributed by atoms with Crippen LogP contribution in [0.15, 0.2) is 182 Å². The Labute approximate surface area is 290 Å². The van der Waals surface area contributed by atoms with E-state index in [1.807, 2.05) is 18.5 Å². The Hall–Kier alpha value is -6.64. The maximum atomic E-state index is 4.95. The summed E-state index contributed by atoms with van der Waals surface area (Å²) in [5.41, 5.74) is 8.90. The molecule has 232 valence electrons. The van der Waals surface area contributed by atoms with E-state index >= 15 is 0 Å². The minimum Gasteiger partial charge on any atom is -0.254 e. The van der Waals surface area contributed by atoms with Crippen molar-refractivity contribution in [3.63, 3.8) is 0 Å². The van der Waals surface area contributed by atoms with Crippen molar-refractivity contribution in [1.29, 1.82) is 0 Å². The molecule has 2 nitrogen and oxygen atoms in total. The first-order valence-electron chi connectivity index (χ1n) is 17.1. The van der Waals surface area contributed by atoms with Gasteiger partial charge < -0.3 is 0 Å². The molecule has 0 spiro atoms. The highest BCUT2D eigenvalue weighted by atomic mass is 14.8. The molecule has 10 aromatic rings. The molecule has 0 aliphatic heterocycles. The van der Waals surface area contributed by atoms with Crippen LogP contribution in [0.3, 0.4) is 0 Å². The molecule has 2 heterocycles. The second kappa shape index (κ2) is 11.5. The van der Waals surface area contributed by atoms with E-state index in [-0.39, 0.29) is 0 Å². The summed E-state index contributed by atoms with van der Waals surface area (Å²) < 4.78 is 0. The zero-order valence-electron chi connectivity index (χ0n) is 27.2. The lowest BCUT2D eigenvalue weighted by Crippen LogP contribution is -1.93. The van der Waals surface area contributed by atoms with Gasteiger partial charge in [-0.25, -0.2) is 0 Å². The zero-order valence-corrected chi connectivity index (χ0v) is 27.2. The van der Waals surface area contributed by atoms with Crippen molar-refractivity contribution in [3.8, 4) is 44.8 Å². The predicted molar refractivity (Wildman–Crippen MR) is 211 cm³/mol. The molecule has 0 bridgehead atoms. The Morgan fingerprint density at radius 1 is 0.300 bits per heavy atom. The second-order valence-corrected chi connectivity index (χ2v) is 13.0. The SMILES string of the molecule is c1ccc2cc(-c3c4ccccc4c(-c4ccc5ccccc5c4)c4cc(-c5ccc(-c6nccc7ccccc67)nc5)ccc34)ccc2c1. The molecule has 0 aliphatic carbocycles. The van der Waals surface area contributed by atoms with Crippen LogP contribution in [0, 0.1) is 0 Å². The standard InChI is InChI=1S/C48H30N2/c1-3-12-34-27-37(19-17-31(34)9-1)46-41-15-7-8-16-42(41)47(38-20-18-32-10-2-4-13-35(32)28-38)44-29-36(21-23-43(44)46)39-22-24-45(50-30-39)48-40-14-6-5-11-33(40)25-26-49-48/h1-30H. The number of benzene rings is 8. The summed E-state index contributed by atoms with van der Waals surface area (Å²) >= 11 is 0. The third kappa shape index (κ3) is 4.65. The Morgan fingerprint density at radius 2 is 0.820 bits per heavy atom. The molecule has 0 aliphatic rings. The van der Waals surface area contributed by atoms with Crippen LogP contribution < -0.4 is 0 Å². The van der Waals surface area contributed by atoms with Crippen LogP contribution >= 0.6 is 0 Å². The first-order chi connectivity index (χ1) is 24.8. The summed E-state index contributed by atoms with van der Waals surface area (Å²) in [4.78, 5) is 9.66. The Kier molecular flexibility index (Phi) is 6.53. The molecule has 2 aromatic heterocycles. The van der Waals surface area contributed by atoms with Gasteiger partial charge in [0.1, 0.15) is 0 Å². The quantitative estimate of drug-likeness (QED) is 0.180. The Balaban J connectivity index is 1.22. The van der Waals surface area contributed by atoms with Gasteiger partial charge in [0, 0.05) is 23.3 Å². The van der Waals surface area contributed by atoms with E-state index in [4.69, 9.17) is 9.97 Å². The average molecular weight is 635 g/mol. The molecule has 0 fully saturated rings. The molecule has 2 heteroatoms. The van der Waals surface area contributed by atoms with E-state index in [0.29, 0.717) is 0 Å². The molecule has 0 radical (unpaired) electrons. The van der Waals surface area contributed by atoms with Gasteiger partial charge in [-0.05, 0) is 107 Å².